The average molecular weight is 272 g/mol. The third-order valence-electron chi connectivity index (χ3n) is 3.25. The summed E-state index contributed by atoms with van der Waals surface area (Å²) in [5.74, 6) is -0.389. The lowest BCUT2D eigenvalue weighted by Crippen LogP contribution is -2.36. The summed E-state index contributed by atoms with van der Waals surface area (Å²) >= 11 is 0. The second-order valence-electron chi connectivity index (χ2n) is 5.46. The topological polar surface area (TPSA) is 26.3 Å². The molecule has 104 valence electrons. The molecule has 2 rings (SSSR count). The molecule has 0 bridgehead atoms. The predicted molar refractivity (Wildman–Crippen MR) is 63.6 cm³/mol. The molecule has 1 aliphatic heterocycles. The Balaban J connectivity index is 2.20. The zero-order valence-electron chi connectivity index (χ0n) is 10.8. The highest BCUT2D eigenvalue weighted by molar-refractivity contribution is 5.72. The molecule has 0 N–H and O–H groups in total. The molecule has 0 amide bonds. The molecule has 1 aromatic carbocycles. The zero-order chi connectivity index (χ0) is 14.3. The van der Waals surface area contributed by atoms with Crippen LogP contribution in [-0.4, -0.2) is 11.6 Å². The third kappa shape index (κ3) is 3.28. The minimum absolute atomic E-state index is 0.0847. The Hall–Kier alpha value is -1.52. The summed E-state index contributed by atoms with van der Waals surface area (Å²) < 4.78 is 42.6. The quantitative estimate of drug-likeness (QED) is 0.725. The first-order chi connectivity index (χ1) is 8.67. The van der Waals surface area contributed by atoms with Gasteiger partial charge in [0.25, 0.3) is 0 Å². The van der Waals surface area contributed by atoms with Gasteiger partial charge in [-0.05, 0) is 43.9 Å². The molecule has 1 aliphatic rings. The fourth-order valence-corrected chi connectivity index (χ4v) is 2.44. The van der Waals surface area contributed by atoms with Crippen LogP contribution < -0.4 is 0 Å². The number of hydrogen-bond donors (Lipinski definition) is 0. The van der Waals surface area contributed by atoms with Crippen molar-refractivity contribution in [3.05, 3.63) is 35.4 Å². The Labute approximate surface area is 109 Å². The van der Waals surface area contributed by atoms with Crippen molar-refractivity contribution in [3.63, 3.8) is 0 Å². The maximum absolute atomic E-state index is 12.5. The molecule has 1 aromatic rings. The van der Waals surface area contributed by atoms with Crippen LogP contribution in [0.3, 0.4) is 0 Å². The van der Waals surface area contributed by atoms with Gasteiger partial charge in [0.05, 0.1) is 12.0 Å². The molecular weight excluding hydrogens is 257 g/mol. The predicted octanol–water partition coefficient (Wildman–Crippen LogP) is 3.90. The van der Waals surface area contributed by atoms with E-state index >= 15 is 0 Å². The van der Waals surface area contributed by atoms with Gasteiger partial charge >= 0.3 is 12.1 Å². The Kier molecular flexibility index (Phi) is 3.32. The number of hydrogen-bond acceptors (Lipinski definition) is 2. The molecule has 19 heavy (non-hydrogen) atoms. The zero-order valence-corrected chi connectivity index (χ0v) is 10.8. The van der Waals surface area contributed by atoms with Crippen LogP contribution in [0.15, 0.2) is 24.3 Å². The summed E-state index contributed by atoms with van der Waals surface area (Å²) in [6.45, 7) is 3.61. The van der Waals surface area contributed by atoms with Gasteiger partial charge in [-0.3, -0.25) is 4.79 Å². The van der Waals surface area contributed by atoms with E-state index in [2.05, 4.69) is 0 Å². The summed E-state index contributed by atoms with van der Waals surface area (Å²) in [5.41, 5.74) is -0.491. The van der Waals surface area contributed by atoms with Crippen LogP contribution in [0.25, 0.3) is 0 Å². The average Bonchev–Trinajstić information content (AvgIpc) is 2.25. The molecule has 0 aromatic heterocycles. The summed E-state index contributed by atoms with van der Waals surface area (Å²) in [6.07, 6.45) is -3.50. The number of rotatable bonds is 1. The molecule has 0 radical (unpaired) electrons. The molecule has 0 aliphatic carbocycles. The molecule has 1 saturated heterocycles. The third-order valence-corrected chi connectivity index (χ3v) is 3.25. The SMILES string of the molecule is CC1(C)CC(c2ccc(C(F)(F)F)cc2)CC(=O)O1. The van der Waals surface area contributed by atoms with E-state index in [4.69, 9.17) is 4.74 Å². The largest absolute Gasteiger partial charge is 0.460 e. The minimum Gasteiger partial charge on any atom is -0.460 e. The number of cyclic esters (lactones) is 1. The Bertz CT molecular complexity index is 474. The van der Waals surface area contributed by atoms with Crippen LogP contribution in [-0.2, 0) is 15.7 Å². The fourth-order valence-electron chi connectivity index (χ4n) is 2.44. The van der Waals surface area contributed by atoms with E-state index in [-0.39, 0.29) is 18.3 Å². The first-order valence-corrected chi connectivity index (χ1v) is 6.06. The molecular formula is C14H15F3O2. The molecule has 1 heterocycles. The molecule has 1 unspecified atom stereocenters. The number of benzene rings is 1. The van der Waals surface area contributed by atoms with E-state index in [1.54, 1.807) is 13.8 Å². The van der Waals surface area contributed by atoms with Gasteiger partial charge < -0.3 is 4.74 Å². The van der Waals surface area contributed by atoms with Gasteiger partial charge in [-0.2, -0.15) is 13.2 Å². The Morgan fingerprint density at radius 2 is 1.79 bits per heavy atom. The number of esters is 1. The van der Waals surface area contributed by atoms with E-state index in [0.717, 1.165) is 17.7 Å². The van der Waals surface area contributed by atoms with Gasteiger partial charge in [0.2, 0.25) is 0 Å². The number of carbonyl (C=O) groups is 1. The second kappa shape index (κ2) is 4.54. The van der Waals surface area contributed by atoms with Gasteiger partial charge in [0.15, 0.2) is 0 Å². The fraction of sp³-hybridized carbons (Fsp3) is 0.500. The highest BCUT2D eigenvalue weighted by atomic mass is 19.4. The first kappa shape index (κ1) is 13.9. The highest BCUT2D eigenvalue weighted by Gasteiger charge is 2.35. The lowest BCUT2D eigenvalue weighted by atomic mass is 9.83. The van der Waals surface area contributed by atoms with Gasteiger partial charge in [0.1, 0.15) is 5.60 Å². The first-order valence-electron chi connectivity index (χ1n) is 6.06. The number of halogens is 3. The number of ether oxygens (including phenoxy) is 1. The number of carbonyl (C=O) groups excluding carboxylic acids is 1. The normalized spacial score (nSPS) is 23.0. The van der Waals surface area contributed by atoms with Crippen molar-refractivity contribution >= 4 is 5.97 Å². The van der Waals surface area contributed by atoms with Crippen LogP contribution in [0.1, 0.15) is 43.7 Å². The molecule has 2 nitrogen and oxygen atoms in total. The van der Waals surface area contributed by atoms with Crippen LogP contribution in [0, 0.1) is 0 Å². The molecule has 0 spiro atoms. The van der Waals surface area contributed by atoms with Crippen LogP contribution in [0.5, 0.6) is 0 Å². The summed E-state index contributed by atoms with van der Waals surface area (Å²) in [7, 11) is 0. The molecule has 0 saturated carbocycles. The van der Waals surface area contributed by atoms with Crippen LogP contribution in [0.4, 0.5) is 13.2 Å². The highest BCUT2D eigenvalue weighted by Crippen LogP contribution is 2.37. The van der Waals surface area contributed by atoms with E-state index < -0.39 is 17.3 Å². The van der Waals surface area contributed by atoms with Crippen molar-refractivity contribution in [2.45, 2.75) is 44.4 Å². The van der Waals surface area contributed by atoms with Crippen molar-refractivity contribution in [3.8, 4) is 0 Å². The summed E-state index contributed by atoms with van der Waals surface area (Å²) in [6, 6.07) is 5.01. The Morgan fingerprint density at radius 1 is 1.21 bits per heavy atom. The van der Waals surface area contributed by atoms with Crippen molar-refractivity contribution in [1.29, 1.82) is 0 Å². The van der Waals surface area contributed by atoms with Crippen LogP contribution in [0.2, 0.25) is 0 Å². The number of alkyl halides is 3. The maximum atomic E-state index is 12.5. The van der Waals surface area contributed by atoms with Crippen LogP contribution >= 0.6 is 0 Å². The van der Waals surface area contributed by atoms with Crippen molar-refractivity contribution < 1.29 is 22.7 Å². The van der Waals surface area contributed by atoms with E-state index in [0.29, 0.717) is 6.42 Å². The standard InChI is InChI=1S/C14H15F3O2/c1-13(2)8-10(7-12(18)19-13)9-3-5-11(6-4-9)14(15,16)17/h3-6,10H,7-8H2,1-2H3. The van der Waals surface area contributed by atoms with Crippen molar-refractivity contribution in [1.82, 2.24) is 0 Å². The monoisotopic (exact) mass is 272 g/mol. The van der Waals surface area contributed by atoms with Gasteiger partial charge in [0, 0.05) is 0 Å². The lowest BCUT2D eigenvalue weighted by molar-refractivity contribution is -0.164. The smallest absolute Gasteiger partial charge is 0.416 e. The maximum Gasteiger partial charge on any atom is 0.416 e. The lowest BCUT2D eigenvalue weighted by Gasteiger charge is -2.35. The van der Waals surface area contributed by atoms with Gasteiger partial charge in [-0.15, -0.1) is 0 Å². The van der Waals surface area contributed by atoms with E-state index in [1.165, 1.54) is 12.1 Å². The summed E-state index contributed by atoms with van der Waals surface area (Å²) in [4.78, 5) is 11.5. The van der Waals surface area contributed by atoms with Crippen molar-refractivity contribution in [2.75, 3.05) is 0 Å². The van der Waals surface area contributed by atoms with E-state index in [1.807, 2.05) is 0 Å². The molecule has 5 heteroatoms. The van der Waals surface area contributed by atoms with Crippen molar-refractivity contribution in [2.24, 2.45) is 0 Å². The van der Waals surface area contributed by atoms with E-state index in [9.17, 15) is 18.0 Å². The summed E-state index contributed by atoms with van der Waals surface area (Å²) in [5, 5.41) is 0. The molecule has 1 atom stereocenters. The molecule has 1 fully saturated rings. The van der Waals surface area contributed by atoms with Gasteiger partial charge in [-0.25, -0.2) is 0 Å². The minimum atomic E-state index is -4.33. The Morgan fingerprint density at radius 3 is 2.26 bits per heavy atom. The van der Waals surface area contributed by atoms with Gasteiger partial charge in [-0.1, -0.05) is 12.1 Å². The second-order valence-corrected chi connectivity index (χ2v) is 5.46.